The number of benzene rings is 1. The molecule has 0 saturated carbocycles. The minimum Gasteiger partial charge on any atom is -0.226 e. The highest BCUT2D eigenvalue weighted by atomic mass is 35.5. The van der Waals surface area contributed by atoms with E-state index >= 15 is 0 Å². The van der Waals surface area contributed by atoms with Crippen molar-refractivity contribution >= 4 is 11.6 Å². The highest BCUT2D eigenvalue weighted by molar-refractivity contribution is 6.25. The van der Waals surface area contributed by atoms with Crippen molar-refractivity contribution in [2.75, 3.05) is 0 Å². The molecule has 2 rings (SSSR count). The molecule has 0 spiro atoms. The third-order valence-electron chi connectivity index (χ3n) is 1.45. The third kappa shape index (κ3) is 1.05. The standard InChI is InChI=1S/C8H5ClN2/c9-5-8-10-6-3-1-2-4-7(6)11-8/h1-5H. The van der Waals surface area contributed by atoms with Crippen molar-refractivity contribution in [1.29, 1.82) is 0 Å². The maximum Gasteiger partial charge on any atom is 0.164 e. The molecule has 0 radical (unpaired) electrons. The molecule has 0 fully saturated rings. The Balaban J connectivity index is 2.81. The summed E-state index contributed by atoms with van der Waals surface area (Å²) in [5.41, 5.74) is 1.38. The van der Waals surface area contributed by atoms with E-state index in [0.29, 0.717) is 5.82 Å². The first-order valence-electron chi connectivity index (χ1n) is 3.23. The van der Waals surface area contributed by atoms with Gasteiger partial charge in [0.2, 0.25) is 0 Å². The van der Waals surface area contributed by atoms with Crippen LogP contribution in [0.1, 0.15) is 0 Å². The van der Waals surface area contributed by atoms with Crippen molar-refractivity contribution in [1.82, 2.24) is 0 Å². The Morgan fingerprint density at radius 3 is 2.09 bits per heavy atom. The molecule has 1 aromatic carbocycles. The number of hydrogen-bond donors (Lipinski definition) is 0. The van der Waals surface area contributed by atoms with E-state index < -0.39 is 0 Å². The smallest absolute Gasteiger partial charge is 0.164 e. The average Bonchev–Trinajstić information content (AvgIpc) is 2.46. The SMILES string of the molecule is ClC=C1N=c2ccccc2=N1. The van der Waals surface area contributed by atoms with E-state index in [1.807, 2.05) is 24.3 Å². The normalized spacial score (nSPS) is 13.4. The molecule has 0 atom stereocenters. The Morgan fingerprint density at radius 1 is 1.09 bits per heavy atom. The second-order valence-electron chi connectivity index (χ2n) is 2.18. The lowest BCUT2D eigenvalue weighted by Gasteiger charge is -1.77. The van der Waals surface area contributed by atoms with E-state index in [2.05, 4.69) is 9.98 Å². The van der Waals surface area contributed by atoms with Crippen LogP contribution in [0.15, 0.2) is 45.6 Å². The fourth-order valence-electron chi connectivity index (χ4n) is 0.974. The maximum absolute atomic E-state index is 5.45. The summed E-state index contributed by atoms with van der Waals surface area (Å²) < 4.78 is 0. The number of para-hydroxylation sites is 2. The molecular formula is C8H5ClN2. The van der Waals surface area contributed by atoms with Gasteiger partial charge in [0.25, 0.3) is 0 Å². The van der Waals surface area contributed by atoms with Gasteiger partial charge in [-0.2, -0.15) is 0 Å². The molecule has 3 heteroatoms. The first-order chi connectivity index (χ1) is 5.40. The fourth-order valence-corrected chi connectivity index (χ4v) is 1.07. The number of hydrogen-bond acceptors (Lipinski definition) is 2. The van der Waals surface area contributed by atoms with Crippen LogP contribution in [0, 0.1) is 0 Å². The zero-order valence-electron chi connectivity index (χ0n) is 5.66. The molecule has 11 heavy (non-hydrogen) atoms. The quantitative estimate of drug-likeness (QED) is 0.546. The summed E-state index contributed by atoms with van der Waals surface area (Å²) in [5.74, 6) is 0.577. The van der Waals surface area contributed by atoms with Gasteiger partial charge in [0, 0.05) is 5.54 Å². The van der Waals surface area contributed by atoms with Crippen molar-refractivity contribution < 1.29 is 0 Å². The lowest BCUT2D eigenvalue weighted by atomic mass is 10.3. The predicted molar refractivity (Wildman–Crippen MR) is 42.7 cm³/mol. The van der Waals surface area contributed by atoms with E-state index in [-0.39, 0.29) is 0 Å². The zero-order chi connectivity index (χ0) is 7.68. The molecule has 1 aliphatic rings. The summed E-state index contributed by atoms with van der Waals surface area (Å²) in [4.78, 5) is 8.27. The van der Waals surface area contributed by atoms with Gasteiger partial charge in [-0.05, 0) is 12.1 Å². The molecule has 1 aliphatic heterocycles. The molecule has 0 aromatic heterocycles. The summed E-state index contributed by atoms with van der Waals surface area (Å²) in [6.07, 6.45) is 0. The van der Waals surface area contributed by atoms with Crippen molar-refractivity contribution in [3.05, 3.63) is 46.3 Å². The second kappa shape index (κ2) is 2.47. The van der Waals surface area contributed by atoms with Crippen molar-refractivity contribution in [2.24, 2.45) is 9.98 Å². The summed E-state index contributed by atoms with van der Waals surface area (Å²) in [5, 5.41) is 1.78. The van der Waals surface area contributed by atoms with Gasteiger partial charge >= 0.3 is 0 Å². The maximum atomic E-state index is 5.45. The van der Waals surface area contributed by atoms with E-state index in [1.165, 1.54) is 5.54 Å². The van der Waals surface area contributed by atoms with Gasteiger partial charge in [-0.15, -0.1) is 0 Å². The molecule has 1 heterocycles. The predicted octanol–water partition coefficient (Wildman–Crippen LogP) is 0.977. The monoisotopic (exact) mass is 164 g/mol. The zero-order valence-corrected chi connectivity index (χ0v) is 6.42. The van der Waals surface area contributed by atoms with Crippen LogP contribution >= 0.6 is 11.6 Å². The van der Waals surface area contributed by atoms with Gasteiger partial charge in [-0.3, -0.25) is 0 Å². The number of fused-ring (bicyclic) bond motifs is 1. The summed E-state index contributed by atoms with van der Waals surface area (Å²) in [7, 11) is 0. The molecule has 2 nitrogen and oxygen atoms in total. The van der Waals surface area contributed by atoms with Gasteiger partial charge in [0.15, 0.2) is 5.82 Å². The minimum atomic E-state index is 0.577. The van der Waals surface area contributed by atoms with Crippen LogP contribution in [-0.4, -0.2) is 0 Å². The lowest BCUT2D eigenvalue weighted by molar-refractivity contribution is 1.24. The van der Waals surface area contributed by atoms with Crippen molar-refractivity contribution in [3.8, 4) is 0 Å². The second-order valence-corrected chi connectivity index (χ2v) is 2.40. The molecular weight excluding hydrogens is 160 g/mol. The molecule has 0 aliphatic carbocycles. The lowest BCUT2D eigenvalue weighted by Crippen LogP contribution is -2.19. The number of halogens is 1. The van der Waals surface area contributed by atoms with Crippen LogP contribution in [0.4, 0.5) is 0 Å². The molecule has 54 valence electrons. The summed E-state index contributed by atoms with van der Waals surface area (Å²) in [6, 6.07) is 7.67. The van der Waals surface area contributed by atoms with Gasteiger partial charge in [0.1, 0.15) is 0 Å². The first kappa shape index (κ1) is 6.55. The molecule has 0 unspecified atom stereocenters. The van der Waals surface area contributed by atoms with Crippen molar-refractivity contribution in [3.63, 3.8) is 0 Å². The Hall–Kier alpha value is -1.15. The van der Waals surface area contributed by atoms with Crippen LogP contribution < -0.4 is 10.7 Å². The van der Waals surface area contributed by atoms with Gasteiger partial charge in [0.05, 0.1) is 10.7 Å². The third-order valence-corrected chi connectivity index (χ3v) is 1.64. The molecule has 0 N–H and O–H groups in total. The van der Waals surface area contributed by atoms with E-state index in [0.717, 1.165) is 10.7 Å². The largest absolute Gasteiger partial charge is 0.226 e. The Kier molecular flexibility index (Phi) is 1.47. The number of nitrogens with zero attached hydrogens (tertiary/aromatic N) is 2. The van der Waals surface area contributed by atoms with Crippen molar-refractivity contribution in [2.45, 2.75) is 0 Å². The molecule has 0 saturated heterocycles. The average molecular weight is 165 g/mol. The first-order valence-corrected chi connectivity index (χ1v) is 3.67. The highest BCUT2D eigenvalue weighted by Gasteiger charge is 1.98. The van der Waals surface area contributed by atoms with Crippen LogP contribution in [-0.2, 0) is 0 Å². The van der Waals surface area contributed by atoms with Gasteiger partial charge in [-0.25, -0.2) is 9.98 Å². The summed E-state index contributed by atoms with van der Waals surface area (Å²) in [6.45, 7) is 0. The van der Waals surface area contributed by atoms with Crippen LogP contribution in [0.25, 0.3) is 0 Å². The molecule has 0 amide bonds. The highest BCUT2D eigenvalue weighted by Crippen LogP contribution is 2.00. The topological polar surface area (TPSA) is 24.7 Å². The van der Waals surface area contributed by atoms with Crippen LogP contribution in [0.5, 0.6) is 0 Å². The Bertz CT molecular complexity index is 383. The van der Waals surface area contributed by atoms with E-state index in [4.69, 9.17) is 11.6 Å². The minimum absolute atomic E-state index is 0.577. The fraction of sp³-hybridized carbons (Fsp3) is 0. The van der Waals surface area contributed by atoms with Crippen LogP contribution in [0.3, 0.4) is 0 Å². The Labute approximate surface area is 68.6 Å². The van der Waals surface area contributed by atoms with Crippen LogP contribution in [0.2, 0.25) is 0 Å². The van der Waals surface area contributed by atoms with Gasteiger partial charge in [-0.1, -0.05) is 23.7 Å². The Morgan fingerprint density at radius 2 is 1.64 bits per heavy atom. The van der Waals surface area contributed by atoms with Gasteiger partial charge < -0.3 is 0 Å². The molecule has 0 bridgehead atoms. The van der Waals surface area contributed by atoms with E-state index in [9.17, 15) is 0 Å². The molecule has 1 aromatic rings. The summed E-state index contributed by atoms with van der Waals surface area (Å²) >= 11 is 5.45. The number of rotatable bonds is 0. The van der Waals surface area contributed by atoms with E-state index in [1.54, 1.807) is 0 Å².